The van der Waals surface area contributed by atoms with Crippen molar-refractivity contribution in [3.8, 4) is 0 Å². The third-order valence-electron chi connectivity index (χ3n) is 3.24. The van der Waals surface area contributed by atoms with Crippen molar-refractivity contribution in [3.63, 3.8) is 0 Å². The molecule has 0 fully saturated rings. The van der Waals surface area contributed by atoms with Crippen molar-refractivity contribution in [1.82, 2.24) is 10.6 Å². The molecule has 0 saturated heterocycles. The van der Waals surface area contributed by atoms with Crippen molar-refractivity contribution in [3.05, 3.63) is 64.7 Å². The maximum atomic E-state index is 12.4. The van der Waals surface area contributed by atoms with E-state index in [1.54, 1.807) is 18.2 Å². The molecule has 2 aromatic rings. The first-order chi connectivity index (χ1) is 12.1. The Morgan fingerprint density at radius 2 is 1.77 bits per heavy atom. The Balaban J connectivity index is 2.07. The van der Waals surface area contributed by atoms with E-state index in [2.05, 4.69) is 16.0 Å². The van der Waals surface area contributed by atoms with Crippen molar-refractivity contribution >= 4 is 75.3 Å². The van der Waals surface area contributed by atoms with Gasteiger partial charge in [0.05, 0.1) is 0 Å². The minimum atomic E-state index is -1.84. The second-order valence-corrected chi connectivity index (χ2v) is 8.64. The van der Waals surface area contributed by atoms with Gasteiger partial charge < -0.3 is 16.0 Å². The molecule has 0 aliphatic heterocycles. The average Bonchev–Trinajstić information content (AvgIpc) is 2.53. The number of alkyl halides is 3. The van der Waals surface area contributed by atoms with E-state index < -0.39 is 15.9 Å². The highest BCUT2D eigenvalue weighted by molar-refractivity contribution is 7.80. The van der Waals surface area contributed by atoms with Crippen LogP contribution in [0.25, 0.3) is 0 Å². The monoisotopic (exact) mass is 449 g/mol. The fourth-order valence-electron chi connectivity index (χ4n) is 2.06. The Hall–Kier alpha value is -1.24. The number of benzene rings is 2. The van der Waals surface area contributed by atoms with E-state index in [4.69, 9.17) is 58.6 Å². The molecule has 3 N–H and O–H groups in total. The number of thiocarbonyl (C=S) groups is 1. The summed E-state index contributed by atoms with van der Waals surface area (Å²) in [5.74, 6) is -0.463. The molecule has 0 aliphatic carbocycles. The van der Waals surface area contributed by atoms with E-state index in [1.807, 2.05) is 31.2 Å². The number of amides is 1. The van der Waals surface area contributed by atoms with Crippen LogP contribution in [0.5, 0.6) is 0 Å². The standard InChI is InChI=1S/C17H15Cl4N3OS/c1-10-4-2-7-13(8-10)22-16(26)24-15(17(19,20)21)23-14(25)11-5-3-6-12(18)9-11/h2-9,15H,1H3,(H,23,25)(H2,22,24,26). The second-order valence-electron chi connectivity index (χ2n) is 5.43. The van der Waals surface area contributed by atoms with Gasteiger partial charge in [-0.05, 0) is 55.0 Å². The van der Waals surface area contributed by atoms with E-state index >= 15 is 0 Å². The Morgan fingerprint density at radius 1 is 1.08 bits per heavy atom. The van der Waals surface area contributed by atoms with Crippen molar-refractivity contribution in [1.29, 1.82) is 0 Å². The second kappa shape index (κ2) is 9.11. The van der Waals surface area contributed by atoms with Crippen LogP contribution in [0.2, 0.25) is 5.02 Å². The molecule has 0 radical (unpaired) electrons. The number of carbonyl (C=O) groups excluding carboxylic acids is 1. The third-order valence-corrected chi connectivity index (χ3v) is 4.35. The molecule has 0 saturated carbocycles. The molecule has 2 aromatic carbocycles. The lowest BCUT2D eigenvalue weighted by Crippen LogP contribution is -2.56. The number of anilines is 1. The first kappa shape index (κ1) is 21.1. The van der Waals surface area contributed by atoms with Crippen LogP contribution in [0, 0.1) is 6.92 Å². The summed E-state index contributed by atoms with van der Waals surface area (Å²) in [6.07, 6.45) is -1.07. The predicted molar refractivity (Wildman–Crippen MR) is 114 cm³/mol. The first-order valence-corrected chi connectivity index (χ1v) is 9.34. The maximum absolute atomic E-state index is 12.4. The van der Waals surface area contributed by atoms with Gasteiger partial charge in [0.1, 0.15) is 6.17 Å². The van der Waals surface area contributed by atoms with E-state index in [0.29, 0.717) is 10.6 Å². The van der Waals surface area contributed by atoms with Crippen molar-refractivity contribution in [2.45, 2.75) is 16.9 Å². The molecule has 26 heavy (non-hydrogen) atoms. The van der Waals surface area contributed by atoms with Crippen LogP contribution < -0.4 is 16.0 Å². The SMILES string of the molecule is Cc1cccc(NC(=S)NC(NC(=O)c2cccc(Cl)c2)C(Cl)(Cl)Cl)c1. The molecule has 0 heterocycles. The summed E-state index contributed by atoms with van der Waals surface area (Å²) in [5, 5.41) is 8.99. The fourth-order valence-corrected chi connectivity index (χ4v) is 2.82. The van der Waals surface area contributed by atoms with E-state index in [1.165, 1.54) is 6.07 Å². The van der Waals surface area contributed by atoms with Gasteiger partial charge in [-0.3, -0.25) is 4.79 Å². The number of nitrogens with one attached hydrogen (secondary N) is 3. The Labute approximate surface area is 177 Å². The topological polar surface area (TPSA) is 53.2 Å². The zero-order valence-corrected chi connectivity index (χ0v) is 17.4. The highest BCUT2D eigenvalue weighted by atomic mass is 35.6. The molecule has 9 heteroatoms. The largest absolute Gasteiger partial charge is 0.339 e. The van der Waals surface area contributed by atoms with Gasteiger partial charge >= 0.3 is 0 Å². The smallest absolute Gasteiger partial charge is 0.253 e. The molecule has 1 atom stereocenters. The summed E-state index contributed by atoms with van der Waals surface area (Å²) in [4.78, 5) is 12.4. The Morgan fingerprint density at radius 3 is 2.38 bits per heavy atom. The molecule has 0 aromatic heterocycles. The molecular weight excluding hydrogens is 436 g/mol. The fraction of sp³-hybridized carbons (Fsp3) is 0.176. The number of rotatable bonds is 4. The van der Waals surface area contributed by atoms with E-state index in [-0.39, 0.29) is 5.11 Å². The lowest BCUT2D eigenvalue weighted by atomic mass is 10.2. The summed E-state index contributed by atoms with van der Waals surface area (Å²) in [6, 6.07) is 14.0. The number of halogens is 4. The van der Waals surface area contributed by atoms with Crippen molar-refractivity contribution in [2.24, 2.45) is 0 Å². The van der Waals surface area contributed by atoms with Gasteiger partial charge in [0.15, 0.2) is 5.11 Å². The van der Waals surface area contributed by atoms with Gasteiger partial charge in [-0.2, -0.15) is 0 Å². The summed E-state index contributed by atoms with van der Waals surface area (Å²) in [7, 11) is 0. The minimum absolute atomic E-state index is 0.193. The van der Waals surface area contributed by atoms with Crippen molar-refractivity contribution < 1.29 is 4.79 Å². The molecule has 1 amide bonds. The molecule has 2 rings (SSSR count). The molecule has 0 aliphatic rings. The summed E-state index contributed by atoms with van der Waals surface area (Å²) >= 11 is 29.1. The van der Waals surface area contributed by atoms with Crippen LogP contribution in [0.15, 0.2) is 48.5 Å². The Kier molecular flexibility index (Phi) is 7.38. The first-order valence-electron chi connectivity index (χ1n) is 7.42. The highest BCUT2D eigenvalue weighted by Gasteiger charge is 2.34. The molecule has 4 nitrogen and oxygen atoms in total. The molecule has 0 spiro atoms. The normalized spacial score (nSPS) is 12.2. The quantitative estimate of drug-likeness (QED) is 0.346. The van der Waals surface area contributed by atoms with Crippen LogP contribution in [-0.2, 0) is 0 Å². The van der Waals surface area contributed by atoms with Crippen LogP contribution in [-0.4, -0.2) is 21.0 Å². The van der Waals surface area contributed by atoms with Gasteiger partial charge in [-0.25, -0.2) is 0 Å². The van der Waals surface area contributed by atoms with Gasteiger partial charge in [-0.15, -0.1) is 0 Å². The van der Waals surface area contributed by atoms with Crippen LogP contribution in [0.3, 0.4) is 0 Å². The average molecular weight is 451 g/mol. The van der Waals surface area contributed by atoms with Crippen LogP contribution >= 0.6 is 58.6 Å². The van der Waals surface area contributed by atoms with Crippen molar-refractivity contribution in [2.75, 3.05) is 5.32 Å². The number of carbonyl (C=O) groups is 1. The molecular formula is C17H15Cl4N3OS. The van der Waals surface area contributed by atoms with Gasteiger partial charge in [-0.1, -0.05) is 64.6 Å². The van der Waals surface area contributed by atoms with E-state index in [9.17, 15) is 4.79 Å². The van der Waals surface area contributed by atoms with Gasteiger partial charge in [0.2, 0.25) is 3.79 Å². The van der Waals surface area contributed by atoms with Gasteiger partial charge in [0.25, 0.3) is 5.91 Å². The Bertz CT molecular complexity index is 811. The molecule has 1 unspecified atom stereocenters. The highest BCUT2D eigenvalue weighted by Crippen LogP contribution is 2.29. The van der Waals surface area contributed by atoms with Crippen LogP contribution in [0.1, 0.15) is 15.9 Å². The lowest BCUT2D eigenvalue weighted by Gasteiger charge is -2.27. The summed E-state index contributed by atoms with van der Waals surface area (Å²) < 4.78 is -1.84. The number of hydrogen-bond donors (Lipinski definition) is 3. The zero-order chi connectivity index (χ0) is 19.3. The molecule has 0 bridgehead atoms. The molecule has 138 valence electrons. The van der Waals surface area contributed by atoms with E-state index in [0.717, 1.165) is 11.3 Å². The number of hydrogen-bond acceptors (Lipinski definition) is 2. The summed E-state index contributed by atoms with van der Waals surface area (Å²) in [5.41, 5.74) is 2.16. The predicted octanol–water partition coefficient (Wildman–Crippen LogP) is 5.06. The number of aryl methyl sites for hydroxylation is 1. The third kappa shape index (κ3) is 6.49. The maximum Gasteiger partial charge on any atom is 0.253 e. The zero-order valence-electron chi connectivity index (χ0n) is 13.5. The summed E-state index contributed by atoms with van der Waals surface area (Å²) in [6.45, 7) is 1.96. The lowest BCUT2D eigenvalue weighted by molar-refractivity contribution is 0.0934. The van der Waals surface area contributed by atoms with Gasteiger partial charge in [0, 0.05) is 16.3 Å². The van der Waals surface area contributed by atoms with Crippen LogP contribution in [0.4, 0.5) is 5.69 Å². The minimum Gasteiger partial charge on any atom is -0.339 e.